The van der Waals surface area contributed by atoms with Crippen molar-refractivity contribution in [2.45, 2.75) is 0 Å². The Morgan fingerprint density at radius 1 is 1.67 bits per heavy atom. The summed E-state index contributed by atoms with van der Waals surface area (Å²) in [6, 6.07) is 1.69. The summed E-state index contributed by atoms with van der Waals surface area (Å²) in [6.45, 7) is 0. The molecule has 0 saturated carbocycles. The number of aliphatic imine (C=N–C) groups is 1. The van der Waals surface area contributed by atoms with Crippen LogP contribution < -0.4 is 0 Å². The largest absolute Gasteiger partial charge is 0.287 e. The topological polar surface area (TPSA) is 29.4 Å². The quantitative estimate of drug-likeness (QED) is 0.583. The summed E-state index contributed by atoms with van der Waals surface area (Å²) in [7, 11) is 0. The number of carbonyl (C=O) groups excluding carboxylic acids is 1. The highest BCUT2D eigenvalue weighted by atomic mass is 79.9. The first-order valence-corrected chi connectivity index (χ1v) is 5.53. The molecule has 0 aromatic carbocycles. The van der Waals surface area contributed by atoms with Crippen LogP contribution in [0, 0.1) is 0 Å². The molecule has 12 heavy (non-hydrogen) atoms. The van der Waals surface area contributed by atoms with Gasteiger partial charge in [-0.25, -0.2) is 0 Å². The van der Waals surface area contributed by atoms with E-state index in [1.165, 1.54) is 11.3 Å². The van der Waals surface area contributed by atoms with E-state index in [0.29, 0.717) is 5.56 Å². The number of hydrogen-bond donors (Lipinski definition) is 0. The lowest BCUT2D eigenvalue weighted by Gasteiger charge is -1.86. The summed E-state index contributed by atoms with van der Waals surface area (Å²) < 4.78 is 1.62. The first kappa shape index (κ1) is 10.2. The van der Waals surface area contributed by atoms with Crippen LogP contribution in [0.5, 0.6) is 0 Å². The van der Waals surface area contributed by atoms with Crippen molar-refractivity contribution in [1.29, 1.82) is 0 Å². The fraction of sp³-hybridized carbons (Fsp3) is 0. The predicted molar refractivity (Wildman–Crippen MR) is 59.1 cm³/mol. The van der Waals surface area contributed by atoms with E-state index in [0.717, 1.165) is 7.57 Å². The molecule has 1 amide bonds. The Morgan fingerprint density at radius 3 is 2.75 bits per heavy atom. The van der Waals surface area contributed by atoms with Crippen LogP contribution >= 0.6 is 55.4 Å². The molecule has 62 valence electrons. The van der Waals surface area contributed by atoms with Crippen LogP contribution in [0.25, 0.3) is 0 Å². The molecule has 1 heterocycles. The molecule has 1 rings (SSSR count). The fourth-order valence-electron chi connectivity index (χ4n) is 0.588. The van der Waals surface area contributed by atoms with Gasteiger partial charge in [-0.3, -0.25) is 4.79 Å². The summed E-state index contributed by atoms with van der Waals surface area (Å²) >= 11 is 12.2. The van der Waals surface area contributed by atoms with Crippen molar-refractivity contribution in [2.24, 2.45) is 4.99 Å². The molecule has 0 saturated heterocycles. The number of thiophene rings is 1. The number of hydrogen-bond acceptors (Lipinski definition) is 3. The predicted octanol–water partition coefficient (Wildman–Crippen LogP) is 3.52. The number of carbonyl (C=O) groups is 1. The van der Waals surface area contributed by atoms with Gasteiger partial charge in [0.2, 0.25) is 0 Å². The second-order valence-electron chi connectivity index (χ2n) is 1.75. The van der Waals surface area contributed by atoms with Crippen molar-refractivity contribution in [3.05, 3.63) is 19.2 Å². The first-order valence-electron chi connectivity index (χ1n) is 2.72. The fourth-order valence-corrected chi connectivity index (χ4v) is 3.45. The second-order valence-corrected chi connectivity index (χ2v) is 5.68. The van der Waals surface area contributed by atoms with Gasteiger partial charge >= 0.3 is 0 Å². The summed E-state index contributed by atoms with van der Waals surface area (Å²) in [5, 5.41) is 2.03. The van der Waals surface area contributed by atoms with Crippen molar-refractivity contribution in [2.75, 3.05) is 0 Å². The Kier molecular flexibility index (Phi) is 3.74. The van der Waals surface area contributed by atoms with Gasteiger partial charge in [-0.2, -0.15) is 4.99 Å². The third-order valence-corrected chi connectivity index (χ3v) is 3.46. The van der Waals surface area contributed by atoms with Crippen LogP contribution in [0.15, 0.2) is 18.6 Å². The van der Waals surface area contributed by atoms with E-state index in [-0.39, 0.29) is 5.91 Å². The number of isothiocyanates is 1. The standard InChI is InChI=1S/C6HBr2NOS2/c7-4-1-3(5(8)12-4)6(10)9-2-11/h1H. The zero-order valence-electron chi connectivity index (χ0n) is 5.51. The van der Waals surface area contributed by atoms with Gasteiger partial charge in [0.25, 0.3) is 5.91 Å². The van der Waals surface area contributed by atoms with Crippen molar-refractivity contribution in [3.63, 3.8) is 0 Å². The molecule has 0 atom stereocenters. The third kappa shape index (κ3) is 2.31. The molecule has 1 aromatic heterocycles. The molecule has 2 nitrogen and oxygen atoms in total. The summed E-state index contributed by atoms with van der Waals surface area (Å²) in [6.07, 6.45) is 0. The van der Waals surface area contributed by atoms with E-state index in [2.05, 4.69) is 49.1 Å². The molecule has 0 unspecified atom stereocenters. The van der Waals surface area contributed by atoms with Crippen molar-refractivity contribution >= 4 is 66.5 Å². The minimum atomic E-state index is -0.376. The molecule has 0 radical (unpaired) electrons. The van der Waals surface area contributed by atoms with Crippen molar-refractivity contribution in [3.8, 4) is 0 Å². The van der Waals surface area contributed by atoms with Crippen molar-refractivity contribution < 1.29 is 4.79 Å². The second kappa shape index (κ2) is 4.39. The lowest BCUT2D eigenvalue weighted by atomic mass is 10.3. The molecule has 6 heteroatoms. The van der Waals surface area contributed by atoms with Gasteiger partial charge in [0.1, 0.15) is 0 Å². The molecule has 0 aliphatic rings. The van der Waals surface area contributed by atoms with Crippen LogP contribution in [0.4, 0.5) is 0 Å². The maximum absolute atomic E-state index is 11.1. The lowest BCUT2D eigenvalue weighted by Crippen LogP contribution is -1.91. The third-order valence-electron chi connectivity index (χ3n) is 1.03. The Bertz CT molecular complexity index is 368. The van der Waals surface area contributed by atoms with Crippen molar-refractivity contribution in [1.82, 2.24) is 0 Å². The van der Waals surface area contributed by atoms with Crippen LogP contribution in [0.3, 0.4) is 0 Å². The zero-order valence-corrected chi connectivity index (χ0v) is 10.3. The van der Waals surface area contributed by atoms with E-state index < -0.39 is 0 Å². The lowest BCUT2D eigenvalue weighted by molar-refractivity contribution is 0.100. The summed E-state index contributed by atoms with van der Waals surface area (Å²) in [4.78, 5) is 14.5. The SMILES string of the molecule is O=C(N=C=S)c1cc(Br)sc1Br. The van der Waals surface area contributed by atoms with Gasteiger partial charge in [0.05, 0.1) is 18.3 Å². The first-order chi connectivity index (χ1) is 5.65. The van der Waals surface area contributed by atoms with E-state index in [1.807, 2.05) is 5.16 Å². The molecule has 0 N–H and O–H groups in total. The summed E-state index contributed by atoms with van der Waals surface area (Å²) in [5.74, 6) is -0.376. The van der Waals surface area contributed by atoms with Crippen LogP contribution in [0.2, 0.25) is 0 Å². The number of thiocarbonyl (C=S) groups is 1. The highest BCUT2D eigenvalue weighted by Crippen LogP contribution is 2.32. The number of amides is 1. The highest BCUT2D eigenvalue weighted by molar-refractivity contribution is 9.12. The zero-order chi connectivity index (χ0) is 9.14. The molecule has 0 bridgehead atoms. The van der Waals surface area contributed by atoms with Crippen LogP contribution in [0.1, 0.15) is 10.4 Å². The van der Waals surface area contributed by atoms with Crippen LogP contribution in [-0.4, -0.2) is 11.1 Å². The van der Waals surface area contributed by atoms with Gasteiger partial charge in [-0.05, 0) is 50.1 Å². The average Bonchev–Trinajstić information content (AvgIpc) is 2.30. The average molecular weight is 327 g/mol. The maximum atomic E-state index is 11.1. The minimum Gasteiger partial charge on any atom is -0.266 e. The minimum absolute atomic E-state index is 0.376. The van der Waals surface area contributed by atoms with Gasteiger partial charge in [0, 0.05) is 0 Å². The highest BCUT2D eigenvalue weighted by Gasteiger charge is 2.11. The number of rotatable bonds is 1. The van der Waals surface area contributed by atoms with Gasteiger partial charge < -0.3 is 0 Å². The Morgan fingerprint density at radius 2 is 2.33 bits per heavy atom. The molecule has 1 aromatic rings. The van der Waals surface area contributed by atoms with Crippen LogP contribution in [-0.2, 0) is 0 Å². The Balaban J connectivity index is 3.10. The molecular weight excluding hydrogens is 326 g/mol. The molecule has 0 spiro atoms. The molecule has 0 fully saturated rings. The Labute approximate surface area is 95.0 Å². The number of nitrogens with zero attached hydrogens (tertiary/aromatic N) is 1. The maximum Gasteiger partial charge on any atom is 0.287 e. The van der Waals surface area contributed by atoms with E-state index in [9.17, 15) is 4.79 Å². The van der Waals surface area contributed by atoms with Gasteiger partial charge in [-0.1, -0.05) is 0 Å². The Hall–Kier alpha value is 0.130. The van der Waals surface area contributed by atoms with E-state index in [1.54, 1.807) is 6.07 Å². The molecule has 0 aliphatic heterocycles. The summed E-state index contributed by atoms with van der Waals surface area (Å²) in [5.41, 5.74) is 0.504. The monoisotopic (exact) mass is 325 g/mol. The van der Waals surface area contributed by atoms with E-state index in [4.69, 9.17) is 0 Å². The molecular formula is C6HBr2NOS2. The number of halogens is 2. The molecule has 0 aliphatic carbocycles. The normalized spacial score (nSPS) is 9.17. The van der Waals surface area contributed by atoms with Gasteiger partial charge in [-0.15, -0.1) is 11.3 Å². The smallest absolute Gasteiger partial charge is 0.266 e. The van der Waals surface area contributed by atoms with E-state index >= 15 is 0 Å². The van der Waals surface area contributed by atoms with Gasteiger partial charge in [0.15, 0.2) is 0 Å².